The monoisotopic (exact) mass is 481 g/mol. The van der Waals surface area contributed by atoms with Gasteiger partial charge in [0.05, 0.1) is 17.0 Å². The number of hydrogen-bond donors (Lipinski definition) is 0. The number of piperazine rings is 1. The molecule has 0 aliphatic carbocycles. The smallest absolute Gasteiger partial charge is 0.335 e. The second kappa shape index (κ2) is 8.69. The molecule has 0 spiro atoms. The van der Waals surface area contributed by atoms with Crippen molar-refractivity contribution in [3.63, 3.8) is 0 Å². The van der Waals surface area contributed by atoms with Gasteiger partial charge in [0, 0.05) is 43.9 Å². The molecule has 11 heteroatoms. The number of sulfonamides is 1. The summed E-state index contributed by atoms with van der Waals surface area (Å²) in [5.74, 6) is -0.577. The lowest BCUT2D eigenvalue weighted by Gasteiger charge is -2.35. The van der Waals surface area contributed by atoms with E-state index < -0.39 is 27.7 Å². The van der Waals surface area contributed by atoms with Crippen molar-refractivity contribution in [1.82, 2.24) is 9.80 Å². The first-order valence-corrected chi connectivity index (χ1v) is 12.0. The largest absolute Gasteiger partial charge is 0.416 e. The van der Waals surface area contributed by atoms with Crippen LogP contribution in [0.5, 0.6) is 0 Å². The van der Waals surface area contributed by atoms with Gasteiger partial charge >= 0.3 is 6.18 Å². The van der Waals surface area contributed by atoms with Crippen LogP contribution in [-0.4, -0.2) is 68.5 Å². The summed E-state index contributed by atoms with van der Waals surface area (Å²) in [5, 5.41) is 0. The summed E-state index contributed by atoms with van der Waals surface area (Å²) in [6.45, 7) is 1.39. The van der Waals surface area contributed by atoms with Gasteiger partial charge in [0.15, 0.2) is 0 Å². The van der Waals surface area contributed by atoms with E-state index in [0.717, 1.165) is 24.3 Å². The summed E-state index contributed by atoms with van der Waals surface area (Å²) in [5.41, 5.74) is 0.146. The summed E-state index contributed by atoms with van der Waals surface area (Å²) in [7, 11) is -3.36. The van der Waals surface area contributed by atoms with Crippen LogP contribution in [0.4, 0.5) is 18.9 Å². The maximum Gasteiger partial charge on any atom is 0.416 e. The number of carbonyl (C=O) groups is 2. The number of nitrogens with zero attached hydrogens (tertiary/aromatic N) is 3. The van der Waals surface area contributed by atoms with Gasteiger partial charge in [-0.25, -0.2) is 8.42 Å². The topological polar surface area (TPSA) is 78.0 Å². The molecular weight excluding hydrogens is 459 g/mol. The van der Waals surface area contributed by atoms with E-state index in [9.17, 15) is 31.2 Å². The maximum atomic E-state index is 13.0. The molecule has 2 aliphatic rings. The molecule has 176 valence electrons. The molecule has 33 heavy (non-hydrogen) atoms. The summed E-state index contributed by atoms with van der Waals surface area (Å²) >= 11 is 0. The lowest BCUT2D eigenvalue weighted by molar-refractivity contribution is -0.137. The summed E-state index contributed by atoms with van der Waals surface area (Å²) < 4.78 is 63.8. The number of amides is 2. The second-order valence-corrected chi connectivity index (χ2v) is 9.96. The Morgan fingerprint density at radius 1 is 0.788 bits per heavy atom. The molecule has 2 fully saturated rings. The molecule has 0 radical (unpaired) electrons. The zero-order valence-corrected chi connectivity index (χ0v) is 18.4. The van der Waals surface area contributed by atoms with Crippen LogP contribution in [0.25, 0.3) is 0 Å². The molecule has 2 aromatic rings. The quantitative estimate of drug-likeness (QED) is 0.676. The van der Waals surface area contributed by atoms with E-state index >= 15 is 0 Å². The SMILES string of the molecule is O=C(c1ccc(C(F)(F)F)cc1)N1CCN(C(=O)c2cccc(N3CCCS3(=O)=O)c2)CC1. The predicted octanol–water partition coefficient (Wildman–Crippen LogP) is 2.84. The zero-order valence-electron chi connectivity index (χ0n) is 17.6. The van der Waals surface area contributed by atoms with Crippen LogP contribution in [0.1, 0.15) is 32.7 Å². The molecule has 0 bridgehead atoms. The number of rotatable bonds is 3. The van der Waals surface area contributed by atoms with Crippen molar-refractivity contribution in [2.24, 2.45) is 0 Å². The Hall–Kier alpha value is -3.08. The van der Waals surface area contributed by atoms with E-state index in [0.29, 0.717) is 24.2 Å². The minimum atomic E-state index is -4.47. The van der Waals surface area contributed by atoms with Gasteiger partial charge < -0.3 is 9.80 Å². The van der Waals surface area contributed by atoms with E-state index in [1.807, 2.05) is 0 Å². The fraction of sp³-hybridized carbons (Fsp3) is 0.364. The van der Waals surface area contributed by atoms with Crippen molar-refractivity contribution in [3.05, 3.63) is 65.2 Å². The van der Waals surface area contributed by atoms with Gasteiger partial charge in [-0.15, -0.1) is 0 Å². The van der Waals surface area contributed by atoms with Gasteiger partial charge in [0.2, 0.25) is 10.0 Å². The Morgan fingerprint density at radius 2 is 1.36 bits per heavy atom. The third-order valence-electron chi connectivity index (χ3n) is 5.79. The molecule has 2 saturated heterocycles. The fourth-order valence-corrected chi connectivity index (χ4v) is 5.56. The van der Waals surface area contributed by atoms with Crippen molar-refractivity contribution < 1.29 is 31.2 Å². The molecule has 0 N–H and O–H groups in total. The molecule has 2 heterocycles. The Morgan fingerprint density at radius 3 is 1.88 bits per heavy atom. The first-order valence-electron chi connectivity index (χ1n) is 10.4. The molecule has 0 atom stereocenters. The number of halogens is 3. The molecule has 2 amide bonds. The molecular formula is C22H22F3N3O4S. The highest BCUT2D eigenvalue weighted by Gasteiger charge is 2.32. The van der Waals surface area contributed by atoms with Gasteiger partial charge in [0.25, 0.3) is 11.8 Å². The van der Waals surface area contributed by atoms with Gasteiger partial charge in [-0.1, -0.05) is 6.07 Å². The lowest BCUT2D eigenvalue weighted by atomic mass is 10.1. The third-order valence-corrected chi connectivity index (χ3v) is 7.66. The van der Waals surface area contributed by atoms with Crippen LogP contribution >= 0.6 is 0 Å². The van der Waals surface area contributed by atoms with Crippen LogP contribution in [0.2, 0.25) is 0 Å². The van der Waals surface area contributed by atoms with Gasteiger partial charge in [-0.2, -0.15) is 13.2 Å². The predicted molar refractivity (Wildman–Crippen MR) is 115 cm³/mol. The molecule has 0 aromatic heterocycles. The molecule has 0 saturated carbocycles. The summed E-state index contributed by atoms with van der Waals surface area (Å²) in [6.07, 6.45) is -3.93. The second-order valence-electron chi connectivity index (χ2n) is 7.95. The van der Waals surface area contributed by atoms with Crippen molar-refractivity contribution in [2.75, 3.05) is 42.8 Å². The number of benzene rings is 2. The number of carbonyl (C=O) groups excluding carboxylic acids is 2. The minimum absolute atomic E-state index is 0.0834. The van der Waals surface area contributed by atoms with E-state index in [2.05, 4.69) is 0 Å². The Bertz CT molecular complexity index is 1160. The summed E-state index contributed by atoms with van der Waals surface area (Å²) in [4.78, 5) is 28.7. The van der Waals surface area contributed by atoms with Gasteiger partial charge in [-0.3, -0.25) is 13.9 Å². The van der Waals surface area contributed by atoms with Gasteiger partial charge in [0.1, 0.15) is 0 Å². The Kier molecular flexibility index (Phi) is 6.08. The lowest BCUT2D eigenvalue weighted by Crippen LogP contribution is -2.50. The Balaban J connectivity index is 1.39. The number of hydrogen-bond acceptors (Lipinski definition) is 4. The first kappa shape index (κ1) is 23.1. The van der Waals surface area contributed by atoms with E-state index in [1.54, 1.807) is 29.2 Å². The normalized spacial score (nSPS) is 18.5. The van der Waals surface area contributed by atoms with Crippen molar-refractivity contribution in [2.45, 2.75) is 12.6 Å². The number of anilines is 1. The molecule has 2 aromatic carbocycles. The van der Waals surface area contributed by atoms with Crippen LogP contribution in [-0.2, 0) is 16.2 Å². The molecule has 7 nitrogen and oxygen atoms in total. The average molecular weight is 481 g/mol. The first-order chi connectivity index (χ1) is 15.6. The third kappa shape index (κ3) is 4.82. The maximum absolute atomic E-state index is 13.0. The van der Waals surface area contributed by atoms with Crippen molar-refractivity contribution >= 4 is 27.5 Å². The standard InChI is InChI=1S/C22H22F3N3O4S/c23-22(24,25)18-7-5-16(6-8-18)20(29)26-10-12-27(13-11-26)21(30)17-3-1-4-19(15-17)28-9-2-14-33(28,31)32/h1,3-8,15H,2,9-14H2. The Labute approximate surface area is 189 Å². The van der Waals surface area contributed by atoms with Crippen LogP contribution < -0.4 is 4.31 Å². The highest BCUT2D eigenvalue weighted by atomic mass is 32.2. The fourth-order valence-electron chi connectivity index (χ4n) is 4.00. The van der Waals surface area contributed by atoms with E-state index in [-0.39, 0.29) is 43.4 Å². The van der Waals surface area contributed by atoms with Crippen molar-refractivity contribution in [1.29, 1.82) is 0 Å². The minimum Gasteiger partial charge on any atom is -0.335 e. The highest BCUT2D eigenvalue weighted by molar-refractivity contribution is 7.93. The highest BCUT2D eigenvalue weighted by Crippen LogP contribution is 2.29. The molecule has 0 unspecified atom stereocenters. The van der Waals surface area contributed by atoms with Crippen molar-refractivity contribution in [3.8, 4) is 0 Å². The van der Waals surface area contributed by atoms with Crippen LogP contribution in [0, 0.1) is 0 Å². The average Bonchev–Trinajstić information content (AvgIpc) is 3.16. The molecule has 2 aliphatic heterocycles. The summed E-state index contributed by atoms with van der Waals surface area (Å²) in [6, 6.07) is 10.5. The van der Waals surface area contributed by atoms with E-state index in [1.165, 1.54) is 9.21 Å². The molecule has 4 rings (SSSR count). The van der Waals surface area contributed by atoms with E-state index in [4.69, 9.17) is 0 Å². The van der Waals surface area contributed by atoms with Crippen LogP contribution in [0.15, 0.2) is 48.5 Å². The van der Waals surface area contributed by atoms with Gasteiger partial charge in [-0.05, 0) is 48.9 Å². The zero-order chi connectivity index (χ0) is 23.8. The van der Waals surface area contributed by atoms with Crippen LogP contribution in [0.3, 0.4) is 0 Å². The number of alkyl halides is 3.